The molecule has 3 heteroatoms. The molecule has 0 aromatic heterocycles. The average Bonchev–Trinajstić information content (AvgIpc) is 1.90. The van der Waals surface area contributed by atoms with Gasteiger partial charge in [-0.3, -0.25) is 0 Å². The number of nitrogens with zero attached hydrogens (tertiary/aromatic N) is 1. The fourth-order valence-electron chi connectivity index (χ4n) is 0.265. The van der Waals surface area contributed by atoms with Gasteiger partial charge < -0.3 is 9.47 Å². The summed E-state index contributed by atoms with van der Waals surface area (Å²) in [5.74, 6) is 0. The lowest BCUT2D eigenvalue weighted by molar-refractivity contribution is 0.0797. The normalized spacial score (nSPS) is 17.1. The molecule has 3 nitrogen and oxygen atoms in total. The van der Waals surface area contributed by atoms with Gasteiger partial charge in [-0.05, 0) is 0 Å². The van der Waals surface area contributed by atoms with Gasteiger partial charge in [-0.25, -0.2) is 4.99 Å². The lowest BCUT2D eigenvalue weighted by atomic mass is 11.0. The quantitative estimate of drug-likeness (QED) is 0.442. The second-order valence-electron chi connectivity index (χ2n) is 0.991. The Hall–Kier alpha value is -0.990. The maximum absolute atomic E-state index is 4.67. The summed E-state index contributed by atoms with van der Waals surface area (Å²) >= 11 is 0. The van der Waals surface area contributed by atoms with Crippen LogP contribution in [-0.4, -0.2) is 13.2 Å². The first-order valence-corrected chi connectivity index (χ1v) is 1.90. The molecule has 0 saturated heterocycles. The van der Waals surface area contributed by atoms with Gasteiger partial charge in [0.05, 0.1) is 6.20 Å². The molecule has 0 aromatic carbocycles. The summed E-state index contributed by atoms with van der Waals surface area (Å²) in [6.07, 6.45) is 4.33. The summed E-state index contributed by atoms with van der Waals surface area (Å²) in [5, 5.41) is 0. The van der Waals surface area contributed by atoms with Crippen molar-refractivity contribution in [2.45, 2.75) is 0 Å². The number of rotatable bonds is 0. The lowest BCUT2D eigenvalue weighted by Gasteiger charge is -1.92. The zero-order valence-electron chi connectivity index (χ0n) is 3.70. The smallest absolute Gasteiger partial charge is 0.231 e. The Balaban J connectivity index is 2.39. The highest BCUT2D eigenvalue weighted by Crippen LogP contribution is 1.83. The molecule has 0 unspecified atom stereocenters. The summed E-state index contributed by atoms with van der Waals surface area (Å²) in [4.78, 5) is 3.62. The van der Waals surface area contributed by atoms with E-state index in [1.165, 1.54) is 18.9 Å². The molecule has 0 atom stereocenters. The minimum Gasteiger partial charge on any atom is -0.463 e. The van der Waals surface area contributed by atoms with E-state index in [0.717, 1.165) is 0 Å². The van der Waals surface area contributed by atoms with Gasteiger partial charge >= 0.3 is 0 Å². The molecule has 0 radical (unpaired) electrons. The third-order valence-corrected chi connectivity index (χ3v) is 0.515. The van der Waals surface area contributed by atoms with Gasteiger partial charge in [0.2, 0.25) is 6.79 Å². The molecule has 0 fully saturated rings. The van der Waals surface area contributed by atoms with Crippen molar-refractivity contribution >= 4 is 6.40 Å². The Kier molecular flexibility index (Phi) is 1.33. The van der Waals surface area contributed by atoms with Crippen LogP contribution in [0.2, 0.25) is 0 Å². The van der Waals surface area contributed by atoms with Gasteiger partial charge in [0.15, 0.2) is 6.40 Å². The van der Waals surface area contributed by atoms with Crippen molar-refractivity contribution in [2.24, 2.45) is 4.99 Å². The maximum Gasteiger partial charge on any atom is 0.231 e. The van der Waals surface area contributed by atoms with Crippen molar-refractivity contribution in [3.05, 3.63) is 12.5 Å². The molecule has 1 heterocycles. The van der Waals surface area contributed by atoms with Crippen LogP contribution in [-0.2, 0) is 9.47 Å². The maximum atomic E-state index is 4.67. The molecule has 7 heavy (non-hydrogen) atoms. The van der Waals surface area contributed by atoms with Crippen LogP contribution < -0.4 is 0 Å². The largest absolute Gasteiger partial charge is 0.463 e. The lowest BCUT2D eigenvalue weighted by Crippen LogP contribution is -1.88. The highest BCUT2D eigenvalue weighted by Gasteiger charge is 1.79. The molecular formula is C4H5NO2. The monoisotopic (exact) mass is 99.0 g/mol. The van der Waals surface area contributed by atoms with E-state index >= 15 is 0 Å². The van der Waals surface area contributed by atoms with Crippen LogP contribution >= 0.6 is 0 Å². The van der Waals surface area contributed by atoms with E-state index in [9.17, 15) is 0 Å². The first-order chi connectivity index (χ1) is 3.50. The van der Waals surface area contributed by atoms with Gasteiger partial charge in [0.25, 0.3) is 0 Å². The van der Waals surface area contributed by atoms with E-state index in [2.05, 4.69) is 14.5 Å². The summed E-state index contributed by atoms with van der Waals surface area (Å²) in [5.41, 5.74) is 0. The van der Waals surface area contributed by atoms with Crippen LogP contribution in [0.5, 0.6) is 0 Å². The molecule has 0 bridgehead atoms. The third-order valence-electron chi connectivity index (χ3n) is 0.515. The molecule has 0 spiro atoms. The number of hydrogen-bond acceptors (Lipinski definition) is 3. The first-order valence-electron chi connectivity index (χ1n) is 1.90. The number of hydrogen-bond donors (Lipinski definition) is 0. The van der Waals surface area contributed by atoms with E-state index in [-0.39, 0.29) is 6.79 Å². The number of aliphatic imine (C=N–C) groups is 1. The summed E-state index contributed by atoms with van der Waals surface area (Å²) in [7, 11) is 0. The van der Waals surface area contributed by atoms with Gasteiger partial charge in [-0.1, -0.05) is 0 Å². The summed E-state index contributed by atoms with van der Waals surface area (Å²) < 4.78 is 9.28. The molecule has 0 N–H and O–H groups in total. The van der Waals surface area contributed by atoms with Crippen molar-refractivity contribution in [1.82, 2.24) is 0 Å². The van der Waals surface area contributed by atoms with Crippen LogP contribution in [0.1, 0.15) is 0 Å². The third kappa shape index (κ3) is 1.26. The first kappa shape index (κ1) is 4.18. The van der Waals surface area contributed by atoms with Crippen LogP contribution in [0.15, 0.2) is 17.5 Å². The molecule has 0 saturated carbocycles. The second-order valence-corrected chi connectivity index (χ2v) is 0.991. The van der Waals surface area contributed by atoms with E-state index in [1.54, 1.807) is 0 Å². The van der Waals surface area contributed by atoms with Gasteiger partial charge in [-0.15, -0.1) is 0 Å². The summed E-state index contributed by atoms with van der Waals surface area (Å²) in [6.45, 7) is 0.264. The Morgan fingerprint density at radius 2 is 2.43 bits per heavy atom. The average molecular weight is 99.1 g/mol. The Labute approximate surface area is 41.3 Å². The van der Waals surface area contributed by atoms with Crippen molar-refractivity contribution in [1.29, 1.82) is 0 Å². The van der Waals surface area contributed by atoms with Crippen molar-refractivity contribution < 1.29 is 9.47 Å². The van der Waals surface area contributed by atoms with Crippen LogP contribution in [0.25, 0.3) is 0 Å². The van der Waals surface area contributed by atoms with Crippen LogP contribution in [0, 0.1) is 0 Å². The Morgan fingerprint density at radius 1 is 1.43 bits per heavy atom. The van der Waals surface area contributed by atoms with Crippen LogP contribution in [0.4, 0.5) is 0 Å². The zero-order chi connectivity index (χ0) is 4.95. The molecule has 0 aliphatic carbocycles. The molecule has 1 aliphatic heterocycles. The van der Waals surface area contributed by atoms with Gasteiger partial charge in [-0.2, -0.15) is 0 Å². The fourth-order valence-corrected chi connectivity index (χ4v) is 0.265. The molecular weight excluding hydrogens is 94.0 g/mol. The standard InChI is InChI=1S/C4H5NO2/c1-2-6-4-7-3-5-1/h1-3H,4H2. The fraction of sp³-hybridized carbons (Fsp3) is 0.250. The van der Waals surface area contributed by atoms with E-state index in [4.69, 9.17) is 0 Å². The van der Waals surface area contributed by atoms with Gasteiger partial charge in [0, 0.05) is 0 Å². The predicted molar refractivity (Wildman–Crippen MR) is 24.7 cm³/mol. The van der Waals surface area contributed by atoms with E-state index in [1.807, 2.05) is 0 Å². The highest BCUT2D eigenvalue weighted by molar-refractivity contribution is 5.47. The van der Waals surface area contributed by atoms with E-state index < -0.39 is 0 Å². The molecule has 1 rings (SSSR count). The van der Waals surface area contributed by atoms with E-state index in [0.29, 0.717) is 0 Å². The molecule has 0 amide bonds. The highest BCUT2D eigenvalue weighted by atomic mass is 16.7. The number of ether oxygens (including phenoxy) is 2. The topological polar surface area (TPSA) is 30.8 Å². The molecule has 1 aliphatic rings. The second kappa shape index (κ2) is 2.23. The van der Waals surface area contributed by atoms with Crippen molar-refractivity contribution in [3.8, 4) is 0 Å². The zero-order valence-corrected chi connectivity index (χ0v) is 3.70. The molecule has 38 valence electrons. The predicted octanol–water partition coefficient (Wildman–Crippen LogP) is 0.490. The Morgan fingerprint density at radius 3 is 3.43 bits per heavy atom. The van der Waals surface area contributed by atoms with Crippen molar-refractivity contribution in [3.63, 3.8) is 0 Å². The SMILES string of the molecule is C1=COCOC=N1. The summed E-state index contributed by atoms with van der Waals surface area (Å²) in [6, 6.07) is 0. The molecule has 0 aromatic rings. The van der Waals surface area contributed by atoms with Crippen LogP contribution in [0.3, 0.4) is 0 Å². The minimum atomic E-state index is 0.264. The van der Waals surface area contributed by atoms with Gasteiger partial charge in [0.1, 0.15) is 6.26 Å². The minimum absolute atomic E-state index is 0.264. The Bertz CT molecular complexity index is 85.9. The van der Waals surface area contributed by atoms with Crippen molar-refractivity contribution in [2.75, 3.05) is 6.79 Å².